The van der Waals surface area contributed by atoms with Gasteiger partial charge in [0.05, 0.1) is 17.9 Å². The molecule has 5 heteroatoms. The molecule has 0 aliphatic heterocycles. The van der Waals surface area contributed by atoms with Crippen LogP contribution in [-0.4, -0.2) is 9.97 Å². The second kappa shape index (κ2) is 5.93. The van der Waals surface area contributed by atoms with Crippen LogP contribution in [0.2, 0.25) is 0 Å². The van der Waals surface area contributed by atoms with Crippen molar-refractivity contribution in [1.29, 1.82) is 0 Å². The van der Waals surface area contributed by atoms with E-state index in [4.69, 9.17) is 5.73 Å². The lowest BCUT2D eigenvalue weighted by molar-refractivity contribution is 0.511. The third-order valence-corrected chi connectivity index (χ3v) is 3.06. The molecule has 0 amide bonds. The van der Waals surface area contributed by atoms with Crippen LogP contribution in [0.5, 0.6) is 0 Å². The van der Waals surface area contributed by atoms with Gasteiger partial charge in [0.2, 0.25) is 0 Å². The molecule has 0 aliphatic carbocycles. The fourth-order valence-electron chi connectivity index (χ4n) is 1.93. The molecule has 2 aromatic rings. The van der Waals surface area contributed by atoms with Crippen LogP contribution in [0.1, 0.15) is 38.1 Å². The van der Waals surface area contributed by atoms with E-state index in [9.17, 15) is 8.78 Å². The molecule has 3 nitrogen and oxygen atoms in total. The van der Waals surface area contributed by atoms with Crippen LogP contribution in [0, 0.1) is 11.6 Å². The lowest BCUT2D eigenvalue weighted by atomic mass is 10.1. The normalized spacial score (nSPS) is 12.6. The van der Waals surface area contributed by atoms with Gasteiger partial charge in [0.25, 0.3) is 0 Å². The van der Waals surface area contributed by atoms with Crippen molar-refractivity contribution in [2.24, 2.45) is 5.73 Å². The number of hydrogen-bond acceptors (Lipinski definition) is 2. The van der Waals surface area contributed by atoms with Gasteiger partial charge in [0, 0.05) is 5.56 Å². The number of nitrogens with two attached hydrogens (primary N) is 1. The minimum Gasteiger partial charge on any atom is -0.341 e. The highest BCUT2D eigenvalue weighted by molar-refractivity contribution is 5.59. The summed E-state index contributed by atoms with van der Waals surface area (Å²) >= 11 is 0. The molecule has 0 radical (unpaired) electrons. The summed E-state index contributed by atoms with van der Waals surface area (Å²) in [6.45, 7) is 2.09. The minimum absolute atomic E-state index is 0.168. The zero-order valence-electron chi connectivity index (χ0n) is 10.8. The average Bonchev–Trinajstić information content (AvgIpc) is 2.88. The maximum Gasteiger partial charge on any atom is 0.168 e. The van der Waals surface area contributed by atoms with Gasteiger partial charge in [-0.25, -0.2) is 13.8 Å². The highest BCUT2D eigenvalue weighted by atomic mass is 19.2. The van der Waals surface area contributed by atoms with Gasteiger partial charge in [0.1, 0.15) is 5.82 Å². The van der Waals surface area contributed by atoms with Crippen molar-refractivity contribution < 1.29 is 8.78 Å². The summed E-state index contributed by atoms with van der Waals surface area (Å²) in [7, 11) is 0. The number of unbranched alkanes of at least 4 members (excludes halogenated alkanes) is 1. The summed E-state index contributed by atoms with van der Waals surface area (Å²) < 4.78 is 26.8. The van der Waals surface area contributed by atoms with Crippen LogP contribution in [0.25, 0.3) is 11.3 Å². The van der Waals surface area contributed by atoms with E-state index >= 15 is 0 Å². The third kappa shape index (κ3) is 2.98. The van der Waals surface area contributed by atoms with Crippen LogP contribution in [0.4, 0.5) is 8.78 Å². The maximum absolute atomic E-state index is 13.6. The Labute approximate surface area is 110 Å². The molecular formula is C14H17F2N3. The molecule has 1 heterocycles. The summed E-state index contributed by atoms with van der Waals surface area (Å²) in [4.78, 5) is 7.11. The number of rotatable bonds is 5. The van der Waals surface area contributed by atoms with Crippen molar-refractivity contribution in [1.82, 2.24) is 9.97 Å². The molecule has 0 bridgehead atoms. The molecule has 0 aliphatic rings. The zero-order valence-corrected chi connectivity index (χ0v) is 10.8. The molecule has 1 atom stereocenters. The van der Waals surface area contributed by atoms with Crippen molar-refractivity contribution in [2.75, 3.05) is 0 Å². The third-order valence-electron chi connectivity index (χ3n) is 3.06. The largest absolute Gasteiger partial charge is 0.341 e. The van der Waals surface area contributed by atoms with Crippen molar-refractivity contribution in [2.45, 2.75) is 32.2 Å². The van der Waals surface area contributed by atoms with Gasteiger partial charge in [-0.2, -0.15) is 0 Å². The molecule has 2 rings (SSSR count). The predicted octanol–water partition coefficient (Wildman–Crippen LogP) is 3.54. The summed E-state index contributed by atoms with van der Waals surface area (Å²) in [5.74, 6) is -1.14. The first kappa shape index (κ1) is 13.7. The van der Waals surface area contributed by atoms with Gasteiger partial charge in [-0.15, -0.1) is 0 Å². The molecule has 0 saturated carbocycles. The first-order valence-electron chi connectivity index (χ1n) is 6.38. The van der Waals surface area contributed by atoms with Crippen LogP contribution >= 0.6 is 0 Å². The Morgan fingerprint density at radius 3 is 2.89 bits per heavy atom. The fourth-order valence-corrected chi connectivity index (χ4v) is 1.93. The van der Waals surface area contributed by atoms with Gasteiger partial charge in [-0.1, -0.05) is 25.8 Å². The summed E-state index contributed by atoms with van der Waals surface area (Å²) in [6, 6.07) is 3.85. The van der Waals surface area contributed by atoms with Crippen LogP contribution in [0.15, 0.2) is 24.4 Å². The van der Waals surface area contributed by atoms with Gasteiger partial charge in [0.15, 0.2) is 11.6 Å². The van der Waals surface area contributed by atoms with E-state index in [0.29, 0.717) is 11.5 Å². The number of aromatic nitrogens is 2. The number of imidazole rings is 1. The van der Waals surface area contributed by atoms with Crippen molar-refractivity contribution in [3.05, 3.63) is 41.9 Å². The van der Waals surface area contributed by atoms with Crippen LogP contribution < -0.4 is 5.73 Å². The van der Waals surface area contributed by atoms with Crippen LogP contribution in [0.3, 0.4) is 0 Å². The molecule has 19 heavy (non-hydrogen) atoms. The van der Waals surface area contributed by atoms with Gasteiger partial charge in [-0.05, 0) is 18.6 Å². The highest BCUT2D eigenvalue weighted by Gasteiger charge is 2.14. The zero-order chi connectivity index (χ0) is 13.8. The fraction of sp³-hybridized carbons (Fsp3) is 0.357. The van der Waals surface area contributed by atoms with E-state index < -0.39 is 11.6 Å². The average molecular weight is 265 g/mol. The van der Waals surface area contributed by atoms with E-state index in [1.165, 1.54) is 18.3 Å². The number of halogens is 2. The highest BCUT2D eigenvalue weighted by Crippen LogP contribution is 2.24. The second-order valence-corrected chi connectivity index (χ2v) is 4.53. The van der Waals surface area contributed by atoms with E-state index in [1.54, 1.807) is 0 Å². The number of aromatic amines is 1. The lowest BCUT2D eigenvalue weighted by Crippen LogP contribution is -2.11. The van der Waals surface area contributed by atoms with Crippen molar-refractivity contribution >= 4 is 0 Å². The number of benzene rings is 1. The predicted molar refractivity (Wildman–Crippen MR) is 70.4 cm³/mol. The first-order valence-corrected chi connectivity index (χ1v) is 6.38. The molecule has 0 fully saturated rings. The molecule has 1 unspecified atom stereocenters. The first-order chi connectivity index (χ1) is 9.13. The molecule has 3 N–H and O–H groups in total. The molecule has 0 spiro atoms. The van der Waals surface area contributed by atoms with E-state index in [1.807, 2.05) is 0 Å². The number of nitrogens with zero attached hydrogens (tertiary/aromatic N) is 1. The van der Waals surface area contributed by atoms with Gasteiger partial charge >= 0.3 is 0 Å². The summed E-state index contributed by atoms with van der Waals surface area (Å²) in [5.41, 5.74) is 6.59. The Hall–Kier alpha value is -1.75. The molecule has 1 aromatic heterocycles. The smallest absolute Gasteiger partial charge is 0.168 e. The quantitative estimate of drug-likeness (QED) is 0.868. The van der Waals surface area contributed by atoms with Crippen LogP contribution in [-0.2, 0) is 0 Å². The second-order valence-electron chi connectivity index (χ2n) is 4.53. The Morgan fingerprint density at radius 2 is 2.16 bits per heavy atom. The van der Waals surface area contributed by atoms with E-state index in [2.05, 4.69) is 16.9 Å². The molecular weight excluding hydrogens is 248 g/mol. The minimum atomic E-state index is -0.875. The Balaban J connectivity index is 2.23. The Bertz CT molecular complexity index is 551. The van der Waals surface area contributed by atoms with Crippen molar-refractivity contribution in [3.63, 3.8) is 0 Å². The Morgan fingerprint density at radius 1 is 1.37 bits per heavy atom. The van der Waals surface area contributed by atoms with Gasteiger partial charge in [-0.3, -0.25) is 0 Å². The number of hydrogen-bond donors (Lipinski definition) is 2. The SMILES string of the molecule is CCCCC(N)c1ncc(-c2cccc(F)c2F)[nH]1. The molecule has 0 saturated heterocycles. The summed E-state index contributed by atoms with van der Waals surface area (Å²) in [5, 5.41) is 0. The van der Waals surface area contributed by atoms with Gasteiger partial charge < -0.3 is 10.7 Å². The van der Waals surface area contributed by atoms with Crippen molar-refractivity contribution in [3.8, 4) is 11.3 Å². The standard InChI is InChI=1S/C14H17F2N3/c1-2-3-7-11(17)14-18-8-12(19-14)9-5-4-6-10(15)13(9)16/h4-6,8,11H,2-3,7,17H2,1H3,(H,18,19). The number of nitrogens with one attached hydrogen (secondary N) is 1. The Kier molecular flexibility index (Phi) is 4.27. The topological polar surface area (TPSA) is 54.7 Å². The lowest BCUT2D eigenvalue weighted by Gasteiger charge is -2.07. The maximum atomic E-state index is 13.6. The van der Waals surface area contributed by atoms with E-state index in [-0.39, 0.29) is 11.6 Å². The monoisotopic (exact) mass is 265 g/mol. The van der Waals surface area contributed by atoms with E-state index in [0.717, 1.165) is 25.3 Å². The summed E-state index contributed by atoms with van der Waals surface area (Å²) in [6.07, 6.45) is 4.36. The molecule has 102 valence electrons. The molecule has 1 aromatic carbocycles. The number of H-pyrrole nitrogens is 1.